The molecule has 3 aromatic rings. The molecule has 0 bridgehead atoms. The zero-order valence-electron chi connectivity index (χ0n) is 13.5. The van der Waals surface area contributed by atoms with Crippen molar-refractivity contribution >= 4 is 17.3 Å². The van der Waals surface area contributed by atoms with E-state index in [9.17, 15) is 14.9 Å². The van der Waals surface area contributed by atoms with Crippen molar-refractivity contribution in [2.45, 2.75) is 13.8 Å². The first kappa shape index (κ1) is 16.2. The van der Waals surface area contributed by atoms with Gasteiger partial charge in [-0.25, -0.2) is 4.68 Å². The van der Waals surface area contributed by atoms with Gasteiger partial charge >= 0.3 is 0 Å². The average molecular weight is 338 g/mol. The van der Waals surface area contributed by atoms with Crippen molar-refractivity contribution in [2.75, 3.05) is 5.32 Å². The first-order valence-electron chi connectivity index (χ1n) is 7.36. The van der Waals surface area contributed by atoms with Crippen molar-refractivity contribution in [1.82, 2.24) is 20.2 Å². The summed E-state index contributed by atoms with van der Waals surface area (Å²) in [6, 6.07) is 9.65. The molecule has 0 atom stereocenters. The predicted octanol–water partition coefficient (Wildman–Crippen LogP) is 2.44. The summed E-state index contributed by atoms with van der Waals surface area (Å²) in [5.41, 5.74) is 2.77. The first-order chi connectivity index (χ1) is 12.0. The minimum Gasteiger partial charge on any atom is -0.321 e. The lowest BCUT2D eigenvalue weighted by Gasteiger charge is -2.10. The molecule has 1 amide bonds. The molecule has 1 heterocycles. The zero-order valence-corrected chi connectivity index (χ0v) is 13.5. The Bertz CT molecular complexity index is 953. The fourth-order valence-corrected chi connectivity index (χ4v) is 2.48. The smallest absolute Gasteiger partial charge is 0.274 e. The van der Waals surface area contributed by atoms with Gasteiger partial charge in [0.15, 0.2) is 0 Å². The Morgan fingerprint density at radius 1 is 1.24 bits per heavy atom. The van der Waals surface area contributed by atoms with Crippen molar-refractivity contribution in [1.29, 1.82) is 0 Å². The number of hydrogen-bond acceptors (Lipinski definition) is 6. The molecule has 0 aliphatic rings. The molecule has 0 radical (unpaired) electrons. The number of hydrogen-bond donors (Lipinski definition) is 1. The van der Waals surface area contributed by atoms with Gasteiger partial charge in [0.2, 0.25) is 0 Å². The van der Waals surface area contributed by atoms with Gasteiger partial charge in [0, 0.05) is 11.6 Å². The third-order valence-electron chi connectivity index (χ3n) is 3.80. The molecule has 0 aliphatic heterocycles. The highest BCUT2D eigenvalue weighted by atomic mass is 16.6. The van der Waals surface area contributed by atoms with E-state index in [1.807, 2.05) is 6.92 Å². The van der Waals surface area contributed by atoms with Gasteiger partial charge in [-0.05, 0) is 54.1 Å². The topological polar surface area (TPSA) is 116 Å². The molecular formula is C16H14N6O3. The number of tetrazole rings is 1. The maximum Gasteiger partial charge on any atom is 0.274 e. The van der Waals surface area contributed by atoms with Crippen LogP contribution in [0.4, 0.5) is 11.4 Å². The molecule has 0 aliphatic carbocycles. The van der Waals surface area contributed by atoms with Crippen LogP contribution in [0.1, 0.15) is 21.5 Å². The lowest BCUT2D eigenvalue weighted by atomic mass is 10.1. The van der Waals surface area contributed by atoms with Crippen LogP contribution in [-0.2, 0) is 0 Å². The molecule has 0 fully saturated rings. The number of benzene rings is 2. The number of amides is 1. The van der Waals surface area contributed by atoms with Crippen molar-refractivity contribution in [3.05, 3.63) is 69.5 Å². The lowest BCUT2D eigenvalue weighted by Crippen LogP contribution is -2.14. The normalized spacial score (nSPS) is 10.5. The Balaban J connectivity index is 1.86. The molecule has 0 unspecified atom stereocenters. The van der Waals surface area contributed by atoms with Crippen LogP contribution in [0, 0.1) is 24.0 Å². The average Bonchev–Trinajstić information content (AvgIpc) is 3.10. The van der Waals surface area contributed by atoms with E-state index in [-0.39, 0.29) is 11.6 Å². The zero-order chi connectivity index (χ0) is 18.0. The highest BCUT2D eigenvalue weighted by Crippen LogP contribution is 2.25. The van der Waals surface area contributed by atoms with Gasteiger partial charge in [0.1, 0.15) is 6.33 Å². The highest BCUT2D eigenvalue weighted by Gasteiger charge is 2.16. The highest BCUT2D eigenvalue weighted by molar-refractivity contribution is 6.05. The summed E-state index contributed by atoms with van der Waals surface area (Å²) in [5, 5.41) is 24.7. The number of aryl methyl sites for hydroxylation is 1. The molecule has 0 saturated carbocycles. The third kappa shape index (κ3) is 3.20. The van der Waals surface area contributed by atoms with Gasteiger partial charge < -0.3 is 5.32 Å². The van der Waals surface area contributed by atoms with E-state index in [0.717, 1.165) is 11.3 Å². The van der Waals surface area contributed by atoms with Crippen molar-refractivity contribution in [3.8, 4) is 5.69 Å². The van der Waals surface area contributed by atoms with Crippen molar-refractivity contribution in [2.24, 2.45) is 0 Å². The standard InChI is InChI=1S/C16H14N6O3/c1-10-8-12(6-7-14(10)21-9-17-19-20-21)16(23)18-13-4-3-5-15(11(13)2)22(24)25/h3-9H,1-2H3,(H,18,23). The summed E-state index contributed by atoms with van der Waals surface area (Å²) in [7, 11) is 0. The Kier molecular flexibility index (Phi) is 4.21. The number of nitro groups is 1. The fourth-order valence-electron chi connectivity index (χ4n) is 2.48. The number of nitrogens with one attached hydrogen (secondary N) is 1. The summed E-state index contributed by atoms with van der Waals surface area (Å²) in [5.74, 6) is -0.352. The van der Waals surface area contributed by atoms with E-state index < -0.39 is 4.92 Å². The number of anilines is 1. The van der Waals surface area contributed by atoms with Crippen LogP contribution in [0.5, 0.6) is 0 Å². The number of nitro benzene ring substituents is 1. The Hall–Kier alpha value is -3.62. The van der Waals surface area contributed by atoms with Gasteiger partial charge in [0.25, 0.3) is 11.6 Å². The SMILES string of the molecule is Cc1cc(C(=O)Nc2cccc([N+](=O)[O-])c2C)ccc1-n1cnnn1. The van der Waals surface area contributed by atoms with Gasteiger partial charge in [-0.2, -0.15) is 0 Å². The molecule has 1 aromatic heterocycles. The van der Waals surface area contributed by atoms with Crippen LogP contribution in [-0.4, -0.2) is 31.0 Å². The Labute approximate surface area is 142 Å². The number of aromatic nitrogens is 4. The Morgan fingerprint density at radius 2 is 2.04 bits per heavy atom. The van der Waals surface area contributed by atoms with Crippen LogP contribution in [0.25, 0.3) is 5.69 Å². The summed E-state index contributed by atoms with van der Waals surface area (Å²) in [6.45, 7) is 3.44. The third-order valence-corrected chi connectivity index (χ3v) is 3.80. The van der Waals surface area contributed by atoms with Gasteiger partial charge in [-0.1, -0.05) is 6.07 Å². The monoisotopic (exact) mass is 338 g/mol. The Morgan fingerprint density at radius 3 is 2.68 bits per heavy atom. The molecular weight excluding hydrogens is 324 g/mol. The number of carbonyl (C=O) groups is 1. The van der Waals surface area contributed by atoms with E-state index in [0.29, 0.717) is 16.8 Å². The van der Waals surface area contributed by atoms with Crippen LogP contribution in [0.3, 0.4) is 0 Å². The van der Waals surface area contributed by atoms with Gasteiger partial charge in [0.05, 0.1) is 21.9 Å². The second-order valence-electron chi connectivity index (χ2n) is 5.42. The van der Waals surface area contributed by atoms with Crippen molar-refractivity contribution < 1.29 is 9.72 Å². The molecule has 1 N–H and O–H groups in total. The number of rotatable bonds is 4. The minimum absolute atomic E-state index is 0.0389. The predicted molar refractivity (Wildman–Crippen MR) is 89.7 cm³/mol. The molecule has 9 heteroatoms. The summed E-state index contributed by atoms with van der Waals surface area (Å²) in [6.07, 6.45) is 1.47. The molecule has 0 saturated heterocycles. The van der Waals surface area contributed by atoms with E-state index in [1.54, 1.807) is 31.2 Å². The quantitative estimate of drug-likeness (QED) is 0.577. The van der Waals surface area contributed by atoms with E-state index in [2.05, 4.69) is 20.8 Å². The number of nitrogens with zero attached hydrogens (tertiary/aromatic N) is 5. The minimum atomic E-state index is -0.476. The van der Waals surface area contributed by atoms with E-state index in [4.69, 9.17) is 0 Å². The summed E-state index contributed by atoms with van der Waals surface area (Å²) >= 11 is 0. The van der Waals surface area contributed by atoms with Gasteiger partial charge in [-0.15, -0.1) is 5.10 Å². The lowest BCUT2D eigenvalue weighted by molar-refractivity contribution is -0.385. The summed E-state index contributed by atoms with van der Waals surface area (Å²) < 4.78 is 1.50. The summed E-state index contributed by atoms with van der Waals surface area (Å²) in [4.78, 5) is 23.0. The van der Waals surface area contributed by atoms with E-state index >= 15 is 0 Å². The van der Waals surface area contributed by atoms with Crippen LogP contribution in [0.15, 0.2) is 42.7 Å². The second kappa shape index (κ2) is 6.48. The van der Waals surface area contributed by atoms with E-state index in [1.165, 1.54) is 23.1 Å². The molecule has 126 valence electrons. The maximum atomic E-state index is 12.5. The molecule has 3 rings (SSSR count). The number of carbonyl (C=O) groups excluding carboxylic acids is 1. The molecule has 25 heavy (non-hydrogen) atoms. The van der Waals surface area contributed by atoms with Crippen LogP contribution < -0.4 is 5.32 Å². The first-order valence-corrected chi connectivity index (χ1v) is 7.36. The molecule has 2 aromatic carbocycles. The van der Waals surface area contributed by atoms with Gasteiger partial charge in [-0.3, -0.25) is 14.9 Å². The van der Waals surface area contributed by atoms with Crippen LogP contribution >= 0.6 is 0 Å². The van der Waals surface area contributed by atoms with Crippen LogP contribution in [0.2, 0.25) is 0 Å². The fraction of sp³-hybridized carbons (Fsp3) is 0.125. The maximum absolute atomic E-state index is 12.5. The second-order valence-corrected chi connectivity index (χ2v) is 5.42. The molecule has 9 nitrogen and oxygen atoms in total. The largest absolute Gasteiger partial charge is 0.321 e. The molecule has 0 spiro atoms. The van der Waals surface area contributed by atoms with Crippen molar-refractivity contribution in [3.63, 3.8) is 0 Å².